The molecule has 0 unspecified atom stereocenters. The van der Waals surface area contributed by atoms with E-state index in [1.54, 1.807) is 11.3 Å². The summed E-state index contributed by atoms with van der Waals surface area (Å²) in [5.74, 6) is 0. The average Bonchev–Trinajstić information content (AvgIpc) is 2.82. The zero-order chi connectivity index (χ0) is 13.0. The molecule has 1 aromatic heterocycles. The molecule has 0 aliphatic heterocycles. The molecule has 1 aromatic carbocycles. The maximum Gasteiger partial charge on any atom is 0.107 e. The van der Waals surface area contributed by atoms with E-state index < -0.39 is 0 Å². The van der Waals surface area contributed by atoms with Crippen LogP contribution < -0.4 is 5.73 Å². The van der Waals surface area contributed by atoms with Crippen molar-refractivity contribution < 1.29 is 0 Å². The lowest BCUT2D eigenvalue weighted by Gasteiger charge is -2.15. The van der Waals surface area contributed by atoms with Crippen LogP contribution in [0.5, 0.6) is 0 Å². The van der Waals surface area contributed by atoms with E-state index in [1.807, 2.05) is 29.8 Å². The normalized spacial score (nSPS) is 10.8. The molecular weight excluding hydrogens is 262 g/mol. The minimum Gasteiger partial charge on any atom is -0.389 e. The Morgan fingerprint density at radius 2 is 2.28 bits per heavy atom. The van der Waals surface area contributed by atoms with Crippen LogP contribution in [0.2, 0.25) is 0 Å². The maximum absolute atomic E-state index is 5.63. The summed E-state index contributed by atoms with van der Waals surface area (Å²) in [5.41, 5.74) is 7.76. The SMILES string of the molecule is CN(Cc1cccc(C(N)=S)c1)Cc1nccs1. The summed E-state index contributed by atoms with van der Waals surface area (Å²) >= 11 is 6.66. The lowest BCUT2D eigenvalue weighted by Crippen LogP contribution is -2.17. The third kappa shape index (κ3) is 3.60. The molecule has 18 heavy (non-hydrogen) atoms. The topological polar surface area (TPSA) is 42.1 Å². The van der Waals surface area contributed by atoms with E-state index in [0.717, 1.165) is 23.7 Å². The van der Waals surface area contributed by atoms with Gasteiger partial charge in [0.1, 0.15) is 10.00 Å². The molecule has 3 nitrogen and oxygen atoms in total. The van der Waals surface area contributed by atoms with E-state index >= 15 is 0 Å². The van der Waals surface area contributed by atoms with Crippen LogP contribution in [0.25, 0.3) is 0 Å². The second-order valence-corrected chi connectivity index (χ2v) is 5.58. The Bertz CT molecular complexity index is 523. The van der Waals surface area contributed by atoms with Crippen LogP contribution in [0.15, 0.2) is 35.8 Å². The quantitative estimate of drug-likeness (QED) is 0.852. The molecule has 0 aliphatic carbocycles. The van der Waals surface area contributed by atoms with Gasteiger partial charge in [-0.1, -0.05) is 30.4 Å². The van der Waals surface area contributed by atoms with Gasteiger partial charge in [0, 0.05) is 23.7 Å². The van der Waals surface area contributed by atoms with Crippen LogP contribution in [0, 0.1) is 0 Å². The van der Waals surface area contributed by atoms with Gasteiger partial charge in [-0.2, -0.15) is 0 Å². The number of nitrogens with two attached hydrogens (primary N) is 1. The summed E-state index contributed by atoms with van der Waals surface area (Å²) in [5, 5.41) is 3.12. The van der Waals surface area contributed by atoms with Gasteiger partial charge in [-0.15, -0.1) is 11.3 Å². The van der Waals surface area contributed by atoms with Gasteiger partial charge in [-0.05, 0) is 18.7 Å². The first-order valence-corrected chi connectivity index (χ1v) is 6.89. The van der Waals surface area contributed by atoms with Gasteiger partial charge in [-0.25, -0.2) is 4.98 Å². The molecule has 1 heterocycles. The zero-order valence-corrected chi connectivity index (χ0v) is 11.8. The third-order valence-electron chi connectivity index (χ3n) is 2.55. The van der Waals surface area contributed by atoms with Crippen molar-refractivity contribution in [3.8, 4) is 0 Å². The summed E-state index contributed by atoms with van der Waals surface area (Å²) in [6.45, 7) is 1.71. The second-order valence-electron chi connectivity index (χ2n) is 4.16. The molecular formula is C13H15N3S2. The van der Waals surface area contributed by atoms with E-state index in [0.29, 0.717) is 4.99 Å². The molecule has 0 aliphatic rings. The maximum atomic E-state index is 5.63. The van der Waals surface area contributed by atoms with Crippen molar-refractivity contribution in [3.05, 3.63) is 52.0 Å². The Balaban J connectivity index is 2.00. The molecule has 2 aromatic rings. The highest BCUT2D eigenvalue weighted by atomic mass is 32.1. The summed E-state index contributed by atoms with van der Waals surface area (Å²) in [6.07, 6.45) is 1.83. The van der Waals surface area contributed by atoms with Crippen LogP contribution in [0.3, 0.4) is 0 Å². The average molecular weight is 277 g/mol. The first-order chi connectivity index (χ1) is 8.65. The Hall–Kier alpha value is -1.30. The van der Waals surface area contributed by atoms with Crippen LogP contribution in [-0.4, -0.2) is 21.9 Å². The Labute approximate surface area is 116 Å². The molecule has 0 amide bonds. The van der Waals surface area contributed by atoms with Crippen molar-refractivity contribution in [2.24, 2.45) is 5.73 Å². The molecule has 0 fully saturated rings. The van der Waals surface area contributed by atoms with Gasteiger partial charge in [0.05, 0.1) is 6.54 Å². The number of thiazole rings is 1. The number of aromatic nitrogens is 1. The number of hydrogen-bond donors (Lipinski definition) is 1. The molecule has 0 atom stereocenters. The van der Waals surface area contributed by atoms with Gasteiger partial charge in [0.25, 0.3) is 0 Å². The van der Waals surface area contributed by atoms with E-state index in [1.165, 1.54) is 5.56 Å². The van der Waals surface area contributed by atoms with Crippen molar-refractivity contribution in [3.63, 3.8) is 0 Å². The van der Waals surface area contributed by atoms with E-state index in [2.05, 4.69) is 23.0 Å². The fourth-order valence-corrected chi connectivity index (χ4v) is 2.57. The number of hydrogen-bond acceptors (Lipinski definition) is 4. The molecule has 2 N–H and O–H groups in total. The Morgan fingerprint density at radius 1 is 1.44 bits per heavy atom. The van der Waals surface area contributed by atoms with Crippen LogP contribution in [0.1, 0.15) is 16.1 Å². The first-order valence-electron chi connectivity index (χ1n) is 5.61. The van der Waals surface area contributed by atoms with Crippen molar-refractivity contribution in [1.29, 1.82) is 0 Å². The van der Waals surface area contributed by atoms with Crippen molar-refractivity contribution in [1.82, 2.24) is 9.88 Å². The predicted octanol–water partition coefficient (Wildman–Crippen LogP) is 2.41. The largest absolute Gasteiger partial charge is 0.389 e. The van der Waals surface area contributed by atoms with Crippen LogP contribution >= 0.6 is 23.6 Å². The molecule has 0 saturated heterocycles. The molecule has 0 spiro atoms. The predicted molar refractivity (Wildman–Crippen MR) is 79.6 cm³/mol. The highest BCUT2D eigenvalue weighted by Crippen LogP contribution is 2.11. The summed E-state index contributed by atoms with van der Waals surface area (Å²) in [4.78, 5) is 6.94. The standard InChI is InChI=1S/C13H15N3S2/c1-16(9-12-15-5-6-18-12)8-10-3-2-4-11(7-10)13(14)17/h2-7H,8-9H2,1H3,(H2,14,17). The lowest BCUT2D eigenvalue weighted by molar-refractivity contribution is 0.318. The molecule has 0 bridgehead atoms. The summed E-state index contributed by atoms with van der Waals surface area (Å²) < 4.78 is 0. The molecule has 0 radical (unpaired) electrons. The lowest BCUT2D eigenvalue weighted by atomic mass is 10.1. The van der Waals surface area contributed by atoms with Crippen LogP contribution in [-0.2, 0) is 13.1 Å². The molecule has 0 saturated carbocycles. The van der Waals surface area contributed by atoms with E-state index in [4.69, 9.17) is 18.0 Å². The van der Waals surface area contributed by atoms with Gasteiger partial charge >= 0.3 is 0 Å². The van der Waals surface area contributed by atoms with Crippen molar-refractivity contribution >= 4 is 28.5 Å². The van der Waals surface area contributed by atoms with E-state index in [9.17, 15) is 0 Å². The number of rotatable bonds is 5. The van der Waals surface area contributed by atoms with Gasteiger partial charge in [0.2, 0.25) is 0 Å². The summed E-state index contributed by atoms with van der Waals surface area (Å²) in [7, 11) is 2.08. The van der Waals surface area contributed by atoms with Crippen LogP contribution in [0.4, 0.5) is 0 Å². The van der Waals surface area contributed by atoms with Gasteiger partial charge in [0.15, 0.2) is 0 Å². The second kappa shape index (κ2) is 6.04. The smallest absolute Gasteiger partial charge is 0.107 e. The fourth-order valence-electron chi connectivity index (χ4n) is 1.75. The minimum absolute atomic E-state index is 0.444. The molecule has 2 rings (SSSR count). The monoisotopic (exact) mass is 277 g/mol. The Morgan fingerprint density at radius 3 is 2.94 bits per heavy atom. The van der Waals surface area contributed by atoms with E-state index in [-0.39, 0.29) is 0 Å². The third-order valence-corrected chi connectivity index (χ3v) is 3.55. The van der Waals surface area contributed by atoms with Gasteiger partial charge < -0.3 is 5.73 Å². The van der Waals surface area contributed by atoms with Gasteiger partial charge in [-0.3, -0.25) is 4.90 Å². The minimum atomic E-state index is 0.444. The van der Waals surface area contributed by atoms with Crippen molar-refractivity contribution in [2.75, 3.05) is 7.05 Å². The zero-order valence-electron chi connectivity index (χ0n) is 10.2. The number of nitrogens with zero attached hydrogens (tertiary/aromatic N) is 2. The number of thiocarbonyl (C=S) groups is 1. The highest BCUT2D eigenvalue weighted by molar-refractivity contribution is 7.80. The number of benzene rings is 1. The van der Waals surface area contributed by atoms with Crippen molar-refractivity contribution in [2.45, 2.75) is 13.1 Å². The first kappa shape index (κ1) is 13.1. The Kier molecular flexibility index (Phi) is 4.41. The highest BCUT2D eigenvalue weighted by Gasteiger charge is 2.05. The molecule has 94 valence electrons. The fraction of sp³-hybridized carbons (Fsp3) is 0.231. The summed E-state index contributed by atoms with van der Waals surface area (Å²) in [6, 6.07) is 8.05. The molecule has 5 heteroatoms.